The Morgan fingerprint density at radius 1 is 1.69 bits per heavy atom. The third-order valence-corrected chi connectivity index (χ3v) is 1.41. The van der Waals surface area contributed by atoms with Crippen molar-refractivity contribution in [2.75, 3.05) is 6.54 Å². The molecule has 74 valence electrons. The number of hydrogen-bond acceptors (Lipinski definition) is 3. The van der Waals surface area contributed by atoms with Gasteiger partial charge in [-0.1, -0.05) is 6.92 Å². The van der Waals surface area contributed by atoms with Crippen LogP contribution in [0.4, 0.5) is 4.39 Å². The molecule has 0 spiro atoms. The molecule has 5 N–H and O–H groups in total. The molecule has 0 amide bonds. The van der Waals surface area contributed by atoms with Crippen molar-refractivity contribution < 1.29 is 4.39 Å². The molecular formula is C7H13FN4S. The van der Waals surface area contributed by atoms with E-state index in [0.717, 1.165) is 6.42 Å². The lowest BCUT2D eigenvalue weighted by Gasteiger charge is -2.09. The van der Waals surface area contributed by atoms with E-state index in [2.05, 4.69) is 10.6 Å². The van der Waals surface area contributed by atoms with Gasteiger partial charge in [-0.2, -0.15) is 0 Å². The smallest absolute Gasteiger partial charge is 0.180 e. The predicted octanol–water partition coefficient (Wildman–Crippen LogP) is 0.607. The molecule has 0 radical (unpaired) electrons. The van der Waals surface area contributed by atoms with Crippen molar-refractivity contribution in [2.24, 2.45) is 5.73 Å². The highest BCUT2D eigenvalue weighted by atomic mass is 32.1. The molecule has 0 aliphatic carbocycles. The van der Waals surface area contributed by atoms with Crippen LogP contribution >= 0.6 is 12.2 Å². The maximum absolute atomic E-state index is 12.6. The van der Waals surface area contributed by atoms with E-state index in [1.165, 1.54) is 0 Å². The minimum Gasteiger partial charge on any atom is -0.383 e. The van der Waals surface area contributed by atoms with Gasteiger partial charge in [0.25, 0.3) is 0 Å². The lowest BCUT2D eigenvalue weighted by atomic mass is 10.5. The highest BCUT2D eigenvalue weighted by Crippen LogP contribution is 1.92. The van der Waals surface area contributed by atoms with Crippen molar-refractivity contribution in [3.05, 3.63) is 11.6 Å². The Kier molecular flexibility index (Phi) is 5.79. The Hall–Kier alpha value is -1.17. The molecule has 0 fully saturated rings. The monoisotopic (exact) mass is 204 g/mol. The molecule has 13 heavy (non-hydrogen) atoms. The molecule has 0 aromatic rings. The molecule has 0 aliphatic rings. The van der Waals surface area contributed by atoms with Crippen molar-refractivity contribution in [2.45, 2.75) is 13.3 Å². The first-order chi connectivity index (χ1) is 6.11. The Morgan fingerprint density at radius 3 is 2.77 bits per heavy atom. The third-order valence-electron chi connectivity index (χ3n) is 1.17. The van der Waals surface area contributed by atoms with Gasteiger partial charge in [0.05, 0.1) is 6.21 Å². The van der Waals surface area contributed by atoms with Crippen molar-refractivity contribution in [1.29, 1.82) is 5.41 Å². The Labute approximate surface area is 81.9 Å². The van der Waals surface area contributed by atoms with Gasteiger partial charge < -0.3 is 21.8 Å². The van der Waals surface area contributed by atoms with E-state index in [9.17, 15) is 4.39 Å². The standard InChI is InChI=1S/C7H13FN4S/c1-2-3-11-7(13)12-6(10)5(8)4-9/h4,9H,2-3,10H2,1H3,(H2,11,12,13)/b6-5-,9-4?. The van der Waals surface area contributed by atoms with E-state index in [1.807, 2.05) is 6.92 Å². The maximum atomic E-state index is 12.6. The number of allylic oxidation sites excluding steroid dienone is 1. The number of nitrogens with two attached hydrogens (primary N) is 1. The summed E-state index contributed by atoms with van der Waals surface area (Å²) in [5.74, 6) is -1.08. The summed E-state index contributed by atoms with van der Waals surface area (Å²) in [6.45, 7) is 2.68. The van der Waals surface area contributed by atoms with Crippen LogP contribution in [0, 0.1) is 5.41 Å². The number of nitrogens with one attached hydrogen (secondary N) is 3. The quantitative estimate of drug-likeness (QED) is 0.400. The van der Waals surface area contributed by atoms with Crippen LogP contribution in [-0.2, 0) is 0 Å². The van der Waals surface area contributed by atoms with E-state index in [-0.39, 0.29) is 10.9 Å². The lowest BCUT2D eigenvalue weighted by Crippen LogP contribution is -2.37. The van der Waals surface area contributed by atoms with Crippen LogP contribution in [0.15, 0.2) is 11.6 Å². The minimum absolute atomic E-state index is 0.247. The molecule has 0 aromatic heterocycles. The molecule has 0 unspecified atom stereocenters. The van der Waals surface area contributed by atoms with E-state index in [1.54, 1.807) is 0 Å². The van der Waals surface area contributed by atoms with Crippen LogP contribution in [0.5, 0.6) is 0 Å². The normalized spacial score (nSPS) is 11.5. The zero-order chi connectivity index (χ0) is 10.3. The predicted molar refractivity (Wildman–Crippen MR) is 55.1 cm³/mol. The first kappa shape index (κ1) is 11.8. The highest BCUT2D eigenvalue weighted by Gasteiger charge is 2.00. The van der Waals surface area contributed by atoms with E-state index in [0.29, 0.717) is 12.8 Å². The molecule has 0 bridgehead atoms. The molecule has 0 atom stereocenters. The van der Waals surface area contributed by atoms with Gasteiger partial charge in [-0.15, -0.1) is 0 Å². The fourth-order valence-corrected chi connectivity index (χ4v) is 0.755. The lowest BCUT2D eigenvalue weighted by molar-refractivity contribution is 0.660. The topological polar surface area (TPSA) is 73.9 Å². The molecule has 0 heterocycles. The van der Waals surface area contributed by atoms with Gasteiger partial charge >= 0.3 is 0 Å². The van der Waals surface area contributed by atoms with Gasteiger partial charge in [0.2, 0.25) is 0 Å². The van der Waals surface area contributed by atoms with Crippen molar-refractivity contribution >= 4 is 23.5 Å². The summed E-state index contributed by atoms with van der Waals surface area (Å²) >= 11 is 4.78. The molecule has 0 rings (SSSR count). The first-order valence-corrected chi connectivity index (χ1v) is 4.23. The zero-order valence-electron chi connectivity index (χ0n) is 7.36. The van der Waals surface area contributed by atoms with Gasteiger partial charge in [0.1, 0.15) is 5.82 Å². The summed E-state index contributed by atoms with van der Waals surface area (Å²) in [5, 5.41) is 12.1. The van der Waals surface area contributed by atoms with Crippen LogP contribution in [0.25, 0.3) is 0 Å². The largest absolute Gasteiger partial charge is 0.383 e. The van der Waals surface area contributed by atoms with Crippen molar-refractivity contribution in [1.82, 2.24) is 10.6 Å². The molecule has 4 nitrogen and oxygen atoms in total. The van der Waals surface area contributed by atoms with Crippen molar-refractivity contribution in [3.8, 4) is 0 Å². The number of hydrogen-bond donors (Lipinski definition) is 4. The van der Waals surface area contributed by atoms with Crippen LogP contribution in [-0.4, -0.2) is 17.9 Å². The van der Waals surface area contributed by atoms with Crippen LogP contribution in [0.2, 0.25) is 0 Å². The summed E-state index contributed by atoms with van der Waals surface area (Å²) in [6, 6.07) is 0. The molecule has 6 heteroatoms. The second-order valence-corrected chi connectivity index (χ2v) is 2.70. The minimum atomic E-state index is -0.833. The molecule has 0 saturated heterocycles. The Bertz CT molecular complexity index is 227. The molecular weight excluding hydrogens is 191 g/mol. The second-order valence-electron chi connectivity index (χ2n) is 2.29. The summed E-state index contributed by atoms with van der Waals surface area (Å²) < 4.78 is 12.6. The summed E-state index contributed by atoms with van der Waals surface area (Å²) in [7, 11) is 0. The highest BCUT2D eigenvalue weighted by molar-refractivity contribution is 7.80. The Balaban J connectivity index is 3.98. The number of thiocarbonyl (C=S) groups is 1. The van der Waals surface area contributed by atoms with E-state index < -0.39 is 5.83 Å². The zero-order valence-corrected chi connectivity index (χ0v) is 8.17. The Morgan fingerprint density at radius 2 is 2.31 bits per heavy atom. The van der Waals surface area contributed by atoms with Crippen LogP contribution < -0.4 is 16.4 Å². The van der Waals surface area contributed by atoms with Gasteiger partial charge in [-0.3, -0.25) is 0 Å². The molecule has 0 aromatic carbocycles. The van der Waals surface area contributed by atoms with E-state index >= 15 is 0 Å². The SMILES string of the molecule is CCCNC(=S)N/C(N)=C(\F)C=N. The first-order valence-electron chi connectivity index (χ1n) is 3.82. The summed E-state index contributed by atoms with van der Waals surface area (Å²) in [4.78, 5) is 0. The van der Waals surface area contributed by atoms with Crippen LogP contribution in [0.1, 0.15) is 13.3 Å². The van der Waals surface area contributed by atoms with Gasteiger partial charge in [-0.25, -0.2) is 4.39 Å². The van der Waals surface area contributed by atoms with Gasteiger partial charge in [0, 0.05) is 6.54 Å². The summed E-state index contributed by atoms with van der Waals surface area (Å²) in [5.41, 5.74) is 5.22. The number of halogens is 1. The fraction of sp³-hybridized carbons (Fsp3) is 0.429. The molecule has 0 saturated carbocycles. The van der Waals surface area contributed by atoms with Gasteiger partial charge in [-0.05, 0) is 18.6 Å². The third kappa shape index (κ3) is 5.13. The second kappa shape index (κ2) is 6.36. The average molecular weight is 204 g/mol. The number of rotatable bonds is 4. The molecule has 0 aliphatic heterocycles. The average Bonchev–Trinajstić information content (AvgIpc) is 2.13. The maximum Gasteiger partial charge on any atom is 0.180 e. The summed E-state index contributed by atoms with van der Waals surface area (Å²) in [6.07, 6.45) is 1.43. The van der Waals surface area contributed by atoms with Gasteiger partial charge in [0.15, 0.2) is 10.9 Å². The fourth-order valence-electron chi connectivity index (χ4n) is 0.542. The van der Waals surface area contributed by atoms with Crippen LogP contribution in [0.3, 0.4) is 0 Å². The van der Waals surface area contributed by atoms with E-state index in [4.69, 9.17) is 23.4 Å². The van der Waals surface area contributed by atoms with Crippen molar-refractivity contribution in [3.63, 3.8) is 0 Å².